The maximum absolute atomic E-state index is 11.6. The molecule has 0 unspecified atom stereocenters. The third kappa shape index (κ3) is 3.83. The molecule has 0 aliphatic carbocycles. The number of Topliss-reactive ketones (excluding diaryl/α,β-unsaturated/α-hetero) is 1. The standard InChI is InChI=1S/C11H15NO2S/c1-3-12-11(14)7-5-9(13)10-6-4-8(2)15-10/h4,6H,3,5,7H2,1-2H3,(H,12,14). The van der Waals surface area contributed by atoms with Gasteiger partial charge in [0.25, 0.3) is 0 Å². The lowest BCUT2D eigenvalue weighted by molar-refractivity contribution is -0.120. The average molecular weight is 225 g/mol. The van der Waals surface area contributed by atoms with E-state index in [9.17, 15) is 9.59 Å². The van der Waals surface area contributed by atoms with Gasteiger partial charge in [0, 0.05) is 24.3 Å². The van der Waals surface area contributed by atoms with E-state index in [1.54, 1.807) is 0 Å². The fraction of sp³-hybridized carbons (Fsp3) is 0.455. The highest BCUT2D eigenvalue weighted by Crippen LogP contribution is 2.17. The summed E-state index contributed by atoms with van der Waals surface area (Å²) in [7, 11) is 0. The van der Waals surface area contributed by atoms with E-state index in [-0.39, 0.29) is 18.1 Å². The second-order valence-corrected chi connectivity index (χ2v) is 4.57. The van der Waals surface area contributed by atoms with Gasteiger partial charge in [-0.3, -0.25) is 9.59 Å². The van der Waals surface area contributed by atoms with E-state index in [1.165, 1.54) is 11.3 Å². The van der Waals surface area contributed by atoms with Gasteiger partial charge in [0.15, 0.2) is 5.78 Å². The number of rotatable bonds is 5. The van der Waals surface area contributed by atoms with Crippen molar-refractivity contribution in [2.75, 3.05) is 6.54 Å². The molecule has 0 spiro atoms. The molecule has 0 radical (unpaired) electrons. The topological polar surface area (TPSA) is 46.2 Å². The van der Waals surface area contributed by atoms with Gasteiger partial charge in [0.1, 0.15) is 0 Å². The molecule has 1 heterocycles. The molecule has 1 aromatic rings. The molecule has 1 rings (SSSR count). The summed E-state index contributed by atoms with van der Waals surface area (Å²) < 4.78 is 0. The lowest BCUT2D eigenvalue weighted by Gasteiger charge is -2.00. The van der Waals surface area contributed by atoms with Gasteiger partial charge in [-0.25, -0.2) is 0 Å². The van der Waals surface area contributed by atoms with E-state index in [4.69, 9.17) is 0 Å². The highest BCUT2D eigenvalue weighted by molar-refractivity contribution is 7.14. The first-order valence-electron chi connectivity index (χ1n) is 4.99. The van der Waals surface area contributed by atoms with Gasteiger partial charge in [0.05, 0.1) is 4.88 Å². The van der Waals surface area contributed by atoms with E-state index >= 15 is 0 Å². The van der Waals surface area contributed by atoms with Crippen molar-refractivity contribution in [1.82, 2.24) is 5.32 Å². The number of amides is 1. The summed E-state index contributed by atoms with van der Waals surface area (Å²) in [5.41, 5.74) is 0. The van der Waals surface area contributed by atoms with Crippen LogP contribution in [0.4, 0.5) is 0 Å². The Morgan fingerprint density at radius 3 is 2.60 bits per heavy atom. The molecule has 0 aromatic carbocycles. The molecule has 0 atom stereocenters. The normalized spacial score (nSPS) is 10.0. The molecule has 4 heteroatoms. The van der Waals surface area contributed by atoms with Gasteiger partial charge in [-0.15, -0.1) is 11.3 Å². The fourth-order valence-electron chi connectivity index (χ4n) is 1.22. The van der Waals surface area contributed by atoms with Crippen molar-refractivity contribution < 1.29 is 9.59 Å². The SMILES string of the molecule is CCNC(=O)CCC(=O)c1ccc(C)s1. The molecular weight excluding hydrogens is 210 g/mol. The minimum atomic E-state index is -0.0564. The second kappa shape index (κ2) is 5.66. The van der Waals surface area contributed by atoms with Crippen LogP contribution >= 0.6 is 11.3 Å². The number of carbonyl (C=O) groups excluding carboxylic acids is 2. The van der Waals surface area contributed by atoms with Crippen LogP contribution < -0.4 is 5.32 Å². The Bertz CT molecular complexity index is 357. The number of hydrogen-bond acceptors (Lipinski definition) is 3. The maximum atomic E-state index is 11.6. The lowest BCUT2D eigenvalue weighted by Crippen LogP contribution is -2.22. The first-order chi connectivity index (χ1) is 7.13. The first kappa shape index (κ1) is 11.9. The summed E-state index contributed by atoms with van der Waals surface area (Å²) in [4.78, 5) is 24.6. The monoisotopic (exact) mass is 225 g/mol. The van der Waals surface area contributed by atoms with Crippen molar-refractivity contribution >= 4 is 23.0 Å². The van der Waals surface area contributed by atoms with Crippen LogP contribution in [0.25, 0.3) is 0 Å². The highest BCUT2D eigenvalue weighted by Gasteiger charge is 2.10. The van der Waals surface area contributed by atoms with Crippen molar-refractivity contribution in [3.63, 3.8) is 0 Å². The molecule has 1 N–H and O–H groups in total. The van der Waals surface area contributed by atoms with Crippen LogP contribution in [-0.4, -0.2) is 18.2 Å². The minimum absolute atomic E-state index is 0.0550. The molecular formula is C11H15NO2S. The average Bonchev–Trinajstić information content (AvgIpc) is 2.62. The Morgan fingerprint density at radius 2 is 2.07 bits per heavy atom. The molecule has 15 heavy (non-hydrogen) atoms. The van der Waals surface area contributed by atoms with E-state index in [1.807, 2.05) is 26.0 Å². The number of aryl methyl sites for hydroxylation is 1. The Morgan fingerprint density at radius 1 is 1.33 bits per heavy atom. The zero-order chi connectivity index (χ0) is 11.3. The Kier molecular flexibility index (Phi) is 4.49. The largest absolute Gasteiger partial charge is 0.356 e. The summed E-state index contributed by atoms with van der Waals surface area (Å²) in [5.74, 6) is -0.00141. The van der Waals surface area contributed by atoms with Crippen molar-refractivity contribution in [2.24, 2.45) is 0 Å². The predicted molar refractivity (Wildman–Crippen MR) is 61.3 cm³/mol. The molecule has 0 saturated carbocycles. The predicted octanol–water partition coefficient (Wildman–Crippen LogP) is 2.16. The van der Waals surface area contributed by atoms with Gasteiger partial charge in [-0.2, -0.15) is 0 Å². The second-order valence-electron chi connectivity index (χ2n) is 3.29. The van der Waals surface area contributed by atoms with E-state index in [0.717, 1.165) is 9.75 Å². The van der Waals surface area contributed by atoms with Gasteiger partial charge in [-0.1, -0.05) is 0 Å². The summed E-state index contributed by atoms with van der Waals surface area (Å²) in [5, 5.41) is 2.67. The summed E-state index contributed by atoms with van der Waals surface area (Å²) in [6, 6.07) is 3.74. The molecule has 1 amide bonds. The Hall–Kier alpha value is -1.16. The maximum Gasteiger partial charge on any atom is 0.220 e. The number of hydrogen-bond donors (Lipinski definition) is 1. The van der Waals surface area contributed by atoms with Crippen LogP contribution in [0.3, 0.4) is 0 Å². The van der Waals surface area contributed by atoms with Gasteiger partial charge < -0.3 is 5.32 Å². The van der Waals surface area contributed by atoms with Crippen molar-refractivity contribution in [3.8, 4) is 0 Å². The summed E-state index contributed by atoms with van der Waals surface area (Å²) >= 11 is 1.48. The molecule has 0 fully saturated rings. The first-order valence-corrected chi connectivity index (χ1v) is 5.81. The van der Waals surface area contributed by atoms with E-state index < -0.39 is 0 Å². The van der Waals surface area contributed by atoms with Crippen LogP contribution in [0, 0.1) is 6.92 Å². The molecule has 82 valence electrons. The Balaban J connectivity index is 2.40. The summed E-state index contributed by atoms with van der Waals surface area (Å²) in [6.07, 6.45) is 0.579. The number of ketones is 1. The fourth-order valence-corrected chi connectivity index (χ4v) is 2.06. The van der Waals surface area contributed by atoms with Gasteiger partial charge in [0.2, 0.25) is 5.91 Å². The summed E-state index contributed by atoms with van der Waals surface area (Å²) in [6.45, 7) is 4.44. The number of carbonyl (C=O) groups is 2. The molecule has 0 aliphatic heterocycles. The van der Waals surface area contributed by atoms with E-state index in [0.29, 0.717) is 13.0 Å². The van der Waals surface area contributed by atoms with Gasteiger partial charge in [-0.05, 0) is 26.0 Å². The van der Waals surface area contributed by atoms with E-state index in [2.05, 4.69) is 5.32 Å². The molecule has 1 aromatic heterocycles. The van der Waals surface area contributed by atoms with Crippen molar-refractivity contribution in [3.05, 3.63) is 21.9 Å². The van der Waals surface area contributed by atoms with Crippen LogP contribution in [0.15, 0.2) is 12.1 Å². The van der Waals surface area contributed by atoms with Crippen LogP contribution in [0.5, 0.6) is 0 Å². The minimum Gasteiger partial charge on any atom is -0.356 e. The lowest BCUT2D eigenvalue weighted by atomic mass is 10.2. The third-order valence-corrected chi connectivity index (χ3v) is 3.01. The Labute approximate surface area is 93.5 Å². The van der Waals surface area contributed by atoms with Gasteiger partial charge >= 0.3 is 0 Å². The smallest absolute Gasteiger partial charge is 0.220 e. The number of nitrogens with one attached hydrogen (secondary N) is 1. The third-order valence-electron chi connectivity index (χ3n) is 1.97. The van der Waals surface area contributed by atoms with Crippen LogP contribution in [-0.2, 0) is 4.79 Å². The molecule has 0 bridgehead atoms. The quantitative estimate of drug-likeness (QED) is 0.780. The van der Waals surface area contributed by atoms with Crippen molar-refractivity contribution in [1.29, 1.82) is 0 Å². The molecule has 0 aliphatic rings. The highest BCUT2D eigenvalue weighted by atomic mass is 32.1. The zero-order valence-electron chi connectivity index (χ0n) is 9.00. The zero-order valence-corrected chi connectivity index (χ0v) is 9.82. The van der Waals surface area contributed by atoms with Crippen LogP contribution in [0.2, 0.25) is 0 Å². The molecule has 0 saturated heterocycles. The van der Waals surface area contributed by atoms with Crippen molar-refractivity contribution in [2.45, 2.75) is 26.7 Å². The van der Waals surface area contributed by atoms with Crippen LogP contribution in [0.1, 0.15) is 34.3 Å². The molecule has 3 nitrogen and oxygen atoms in total. The number of thiophene rings is 1.